The van der Waals surface area contributed by atoms with Gasteiger partial charge in [0, 0.05) is 17.5 Å². The molecule has 0 spiro atoms. The van der Waals surface area contributed by atoms with Crippen molar-refractivity contribution >= 4 is 22.5 Å². The summed E-state index contributed by atoms with van der Waals surface area (Å²) < 4.78 is 5.71. The van der Waals surface area contributed by atoms with Gasteiger partial charge in [0.15, 0.2) is 0 Å². The minimum Gasteiger partial charge on any atom is -0.357 e. The first kappa shape index (κ1) is 11.9. The summed E-state index contributed by atoms with van der Waals surface area (Å²) in [5.41, 5.74) is 3.10. The lowest BCUT2D eigenvalue weighted by Crippen LogP contribution is -2.13. The Morgan fingerprint density at radius 1 is 1.44 bits per heavy atom. The monoisotopic (exact) mass is 262 g/mol. The summed E-state index contributed by atoms with van der Waals surface area (Å²) >= 11 is 6.29. The first-order chi connectivity index (χ1) is 8.65. The average molecular weight is 263 g/mol. The quantitative estimate of drug-likeness (QED) is 0.738. The standard InChI is InChI=1S/C14H15ClN2O/c1-9-4-3-5-10-6-11(14(15)16-13(9)10)12-7-17(2)8-18-12/h3-6,12H,7-8H2,1-2H3. The Morgan fingerprint density at radius 2 is 2.28 bits per heavy atom. The number of fused-ring (bicyclic) bond motifs is 1. The van der Waals surface area contributed by atoms with Gasteiger partial charge in [-0.25, -0.2) is 4.98 Å². The van der Waals surface area contributed by atoms with Gasteiger partial charge in [0.1, 0.15) is 5.15 Å². The molecule has 3 rings (SSSR count). The van der Waals surface area contributed by atoms with Gasteiger partial charge in [-0.05, 0) is 25.6 Å². The molecule has 18 heavy (non-hydrogen) atoms. The lowest BCUT2D eigenvalue weighted by molar-refractivity contribution is 0.0955. The molecule has 1 saturated heterocycles. The number of aryl methyl sites for hydroxylation is 1. The zero-order chi connectivity index (χ0) is 12.7. The van der Waals surface area contributed by atoms with Crippen LogP contribution in [-0.2, 0) is 4.74 Å². The molecule has 1 aliphatic heterocycles. The first-order valence-corrected chi connectivity index (χ1v) is 6.39. The van der Waals surface area contributed by atoms with E-state index in [2.05, 4.69) is 22.0 Å². The van der Waals surface area contributed by atoms with E-state index in [-0.39, 0.29) is 6.10 Å². The molecule has 94 valence electrons. The molecule has 1 fully saturated rings. The second-order valence-corrected chi connectivity index (χ2v) is 5.20. The summed E-state index contributed by atoms with van der Waals surface area (Å²) in [5, 5.41) is 1.67. The van der Waals surface area contributed by atoms with Gasteiger partial charge >= 0.3 is 0 Å². The topological polar surface area (TPSA) is 25.4 Å². The smallest absolute Gasteiger partial charge is 0.135 e. The van der Waals surface area contributed by atoms with E-state index in [1.54, 1.807) is 0 Å². The summed E-state index contributed by atoms with van der Waals surface area (Å²) in [7, 11) is 2.03. The number of likely N-dealkylation sites (N-methyl/N-ethyl adjacent to an activating group) is 1. The number of rotatable bonds is 1. The van der Waals surface area contributed by atoms with Gasteiger partial charge in [0.05, 0.1) is 18.4 Å². The molecule has 1 aromatic carbocycles. The van der Waals surface area contributed by atoms with Crippen LogP contribution >= 0.6 is 11.6 Å². The number of hydrogen-bond acceptors (Lipinski definition) is 3. The molecular formula is C14H15ClN2O. The third-order valence-electron chi connectivity index (χ3n) is 3.35. The predicted molar refractivity (Wildman–Crippen MR) is 72.8 cm³/mol. The summed E-state index contributed by atoms with van der Waals surface area (Å²) in [6.07, 6.45) is 0.0277. The summed E-state index contributed by atoms with van der Waals surface area (Å²) in [6.45, 7) is 3.55. The molecule has 0 aliphatic carbocycles. The highest BCUT2D eigenvalue weighted by atomic mass is 35.5. The van der Waals surface area contributed by atoms with Crippen LogP contribution in [0.15, 0.2) is 24.3 Å². The largest absolute Gasteiger partial charge is 0.357 e. The third-order valence-corrected chi connectivity index (χ3v) is 3.65. The molecule has 1 unspecified atom stereocenters. The molecule has 2 heterocycles. The minimum absolute atomic E-state index is 0.0277. The lowest BCUT2D eigenvalue weighted by atomic mass is 10.1. The van der Waals surface area contributed by atoms with Crippen molar-refractivity contribution in [1.82, 2.24) is 9.88 Å². The number of nitrogens with zero attached hydrogens (tertiary/aromatic N) is 2. The summed E-state index contributed by atoms with van der Waals surface area (Å²) in [4.78, 5) is 6.64. The van der Waals surface area contributed by atoms with Crippen molar-refractivity contribution < 1.29 is 4.74 Å². The molecule has 1 atom stereocenters. The van der Waals surface area contributed by atoms with E-state index in [1.165, 1.54) is 0 Å². The number of halogens is 1. The van der Waals surface area contributed by atoms with Crippen molar-refractivity contribution in [3.8, 4) is 0 Å². The van der Waals surface area contributed by atoms with Gasteiger partial charge in [0.25, 0.3) is 0 Å². The Balaban J connectivity index is 2.10. The fourth-order valence-corrected chi connectivity index (χ4v) is 2.62. The van der Waals surface area contributed by atoms with Crippen molar-refractivity contribution in [2.75, 3.05) is 20.3 Å². The van der Waals surface area contributed by atoms with Gasteiger partial charge in [-0.2, -0.15) is 0 Å². The van der Waals surface area contributed by atoms with Gasteiger partial charge in [-0.1, -0.05) is 29.8 Å². The Kier molecular flexibility index (Phi) is 2.98. The zero-order valence-corrected chi connectivity index (χ0v) is 11.2. The van der Waals surface area contributed by atoms with Crippen molar-refractivity contribution in [2.45, 2.75) is 13.0 Å². The fraction of sp³-hybridized carbons (Fsp3) is 0.357. The summed E-state index contributed by atoms with van der Waals surface area (Å²) in [5.74, 6) is 0. The Morgan fingerprint density at radius 3 is 3.00 bits per heavy atom. The van der Waals surface area contributed by atoms with E-state index < -0.39 is 0 Å². The highest BCUT2D eigenvalue weighted by Crippen LogP contribution is 2.31. The van der Waals surface area contributed by atoms with Crippen molar-refractivity contribution in [1.29, 1.82) is 0 Å². The van der Waals surface area contributed by atoms with E-state index in [9.17, 15) is 0 Å². The van der Waals surface area contributed by atoms with Crippen LogP contribution < -0.4 is 0 Å². The Labute approximate surface area is 111 Å². The minimum atomic E-state index is 0.0277. The van der Waals surface area contributed by atoms with Gasteiger partial charge < -0.3 is 4.74 Å². The Hall–Kier alpha value is -1.16. The molecule has 0 saturated carbocycles. The molecule has 1 aromatic heterocycles. The van der Waals surface area contributed by atoms with Crippen molar-refractivity contribution in [2.24, 2.45) is 0 Å². The number of aromatic nitrogens is 1. The average Bonchev–Trinajstić information content (AvgIpc) is 2.76. The molecular weight excluding hydrogens is 248 g/mol. The highest BCUT2D eigenvalue weighted by Gasteiger charge is 2.24. The SMILES string of the molecule is Cc1cccc2cc(C3CN(C)CO3)c(Cl)nc12. The molecule has 2 aromatic rings. The van der Waals surface area contributed by atoms with Crippen LogP contribution in [0, 0.1) is 6.92 Å². The lowest BCUT2D eigenvalue weighted by Gasteiger charge is -2.12. The van der Waals surface area contributed by atoms with E-state index in [1.807, 2.05) is 26.1 Å². The predicted octanol–water partition coefficient (Wildman–Crippen LogP) is 3.16. The van der Waals surface area contributed by atoms with Crippen LogP contribution in [0.2, 0.25) is 5.15 Å². The highest BCUT2D eigenvalue weighted by molar-refractivity contribution is 6.30. The number of benzene rings is 1. The van der Waals surface area contributed by atoms with Crippen LogP contribution in [0.25, 0.3) is 10.9 Å². The fourth-order valence-electron chi connectivity index (χ4n) is 2.36. The second-order valence-electron chi connectivity index (χ2n) is 4.84. The van der Waals surface area contributed by atoms with Gasteiger partial charge in [-0.3, -0.25) is 4.90 Å². The number of para-hydroxylation sites is 1. The van der Waals surface area contributed by atoms with Crippen LogP contribution in [0.3, 0.4) is 0 Å². The molecule has 0 bridgehead atoms. The second kappa shape index (κ2) is 4.50. The molecule has 0 N–H and O–H groups in total. The number of pyridine rings is 1. The van der Waals surface area contributed by atoms with E-state index in [4.69, 9.17) is 16.3 Å². The first-order valence-electron chi connectivity index (χ1n) is 6.01. The molecule has 3 nitrogen and oxygen atoms in total. The van der Waals surface area contributed by atoms with Crippen molar-refractivity contribution in [3.63, 3.8) is 0 Å². The van der Waals surface area contributed by atoms with Crippen LogP contribution in [0.4, 0.5) is 0 Å². The van der Waals surface area contributed by atoms with E-state index >= 15 is 0 Å². The van der Waals surface area contributed by atoms with E-state index in [0.717, 1.165) is 28.6 Å². The van der Waals surface area contributed by atoms with Crippen molar-refractivity contribution in [3.05, 3.63) is 40.5 Å². The summed E-state index contributed by atoms with van der Waals surface area (Å²) in [6, 6.07) is 8.25. The maximum Gasteiger partial charge on any atom is 0.135 e. The molecule has 0 radical (unpaired) electrons. The van der Waals surface area contributed by atoms with Gasteiger partial charge in [0.2, 0.25) is 0 Å². The third kappa shape index (κ3) is 1.99. The Bertz CT molecular complexity index is 600. The number of ether oxygens (including phenoxy) is 1. The van der Waals surface area contributed by atoms with Crippen LogP contribution in [-0.4, -0.2) is 30.2 Å². The maximum atomic E-state index is 6.29. The normalized spacial score (nSPS) is 20.7. The maximum absolute atomic E-state index is 6.29. The molecule has 1 aliphatic rings. The van der Waals surface area contributed by atoms with Crippen LogP contribution in [0.5, 0.6) is 0 Å². The molecule has 4 heteroatoms. The number of hydrogen-bond donors (Lipinski definition) is 0. The van der Waals surface area contributed by atoms with Gasteiger partial charge in [-0.15, -0.1) is 0 Å². The zero-order valence-electron chi connectivity index (χ0n) is 10.5. The van der Waals surface area contributed by atoms with E-state index in [0.29, 0.717) is 11.9 Å². The van der Waals surface area contributed by atoms with Crippen LogP contribution in [0.1, 0.15) is 17.2 Å². The molecule has 0 amide bonds.